The number of aryl methyl sites for hydroxylation is 1. The van der Waals surface area contributed by atoms with Crippen molar-refractivity contribution in [1.29, 1.82) is 0 Å². The van der Waals surface area contributed by atoms with Gasteiger partial charge in [-0.25, -0.2) is 4.98 Å². The number of amides is 3. The zero-order valence-electron chi connectivity index (χ0n) is 17.3. The fourth-order valence-corrected chi connectivity index (χ4v) is 3.64. The van der Waals surface area contributed by atoms with E-state index in [2.05, 4.69) is 20.6 Å². The van der Waals surface area contributed by atoms with E-state index in [0.717, 1.165) is 5.69 Å². The summed E-state index contributed by atoms with van der Waals surface area (Å²) in [6, 6.07) is 7.11. The summed E-state index contributed by atoms with van der Waals surface area (Å²) in [5.41, 5.74) is 1.79. The number of piperidine rings is 1. The number of carbonyl (C=O) groups is 3. The zero-order chi connectivity index (χ0) is 22.7. The summed E-state index contributed by atoms with van der Waals surface area (Å²) in [4.78, 5) is 46.5. The summed E-state index contributed by atoms with van der Waals surface area (Å²) < 4.78 is 6.04. The van der Waals surface area contributed by atoms with Crippen molar-refractivity contribution in [3.05, 3.63) is 59.2 Å². The predicted octanol–water partition coefficient (Wildman–Crippen LogP) is 1.38. The summed E-state index contributed by atoms with van der Waals surface area (Å²) >= 11 is 4.79. The van der Waals surface area contributed by atoms with E-state index in [-0.39, 0.29) is 22.7 Å². The van der Waals surface area contributed by atoms with Crippen molar-refractivity contribution in [2.45, 2.75) is 25.9 Å². The van der Waals surface area contributed by atoms with Gasteiger partial charge < -0.3 is 9.64 Å². The minimum absolute atomic E-state index is 0.000408. The third-order valence-electron chi connectivity index (χ3n) is 5.17. The highest BCUT2D eigenvalue weighted by Crippen LogP contribution is 2.21. The molecular weight excluding hydrogens is 430 g/mol. The topological polar surface area (TPSA) is 114 Å². The van der Waals surface area contributed by atoms with Gasteiger partial charge >= 0.3 is 0 Å². The summed E-state index contributed by atoms with van der Waals surface area (Å²) in [5, 5.41) is 4.80. The number of nitrogens with one attached hydrogen (secondary N) is 2. The lowest BCUT2D eigenvalue weighted by molar-refractivity contribution is -0.123. The van der Waals surface area contributed by atoms with Crippen molar-refractivity contribution in [3.63, 3.8) is 0 Å². The van der Waals surface area contributed by atoms with Crippen LogP contribution in [0.25, 0.3) is 6.08 Å². The fraction of sp³-hybridized carbons (Fsp3) is 0.273. The van der Waals surface area contributed by atoms with Crippen LogP contribution in [0.2, 0.25) is 0 Å². The van der Waals surface area contributed by atoms with Gasteiger partial charge in [-0.3, -0.25) is 30.0 Å². The van der Waals surface area contributed by atoms with Gasteiger partial charge in [0, 0.05) is 32.1 Å². The second-order valence-corrected chi connectivity index (χ2v) is 7.93. The number of hydrogen-bond donors (Lipinski definition) is 2. The number of likely N-dealkylation sites (tertiary alicyclic amines) is 1. The quantitative estimate of drug-likeness (QED) is 0.410. The van der Waals surface area contributed by atoms with Crippen molar-refractivity contribution >= 4 is 41.1 Å². The van der Waals surface area contributed by atoms with Crippen LogP contribution in [0.3, 0.4) is 0 Å². The van der Waals surface area contributed by atoms with Gasteiger partial charge in [0.05, 0.1) is 11.9 Å². The van der Waals surface area contributed by atoms with E-state index >= 15 is 0 Å². The molecule has 2 aliphatic heterocycles. The molecular formula is C22H21N5O4S. The molecule has 2 aliphatic rings. The number of thiocarbonyl (C=S) groups is 1. The smallest absolute Gasteiger partial charge is 0.274 e. The molecule has 0 radical (unpaired) electrons. The van der Waals surface area contributed by atoms with Crippen LogP contribution < -0.4 is 15.4 Å². The van der Waals surface area contributed by atoms with Crippen molar-refractivity contribution in [2.24, 2.45) is 0 Å². The molecule has 3 heterocycles. The molecule has 32 heavy (non-hydrogen) atoms. The summed E-state index contributed by atoms with van der Waals surface area (Å²) in [7, 11) is 0. The number of benzene rings is 1. The maximum atomic E-state index is 12.6. The maximum absolute atomic E-state index is 12.6. The molecule has 3 amide bonds. The Morgan fingerprint density at radius 1 is 1.09 bits per heavy atom. The molecule has 10 heteroatoms. The summed E-state index contributed by atoms with van der Waals surface area (Å²) in [5.74, 6) is -0.501. The molecule has 0 saturated carbocycles. The number of hydrogen-bond acceptors (Lipinski definition) is 7. The highest BCUT2D eigenvalue weighted by Gasteiger charge is 2.27. The van der Waals surface area contributed by atoms with Crippen LogP contribution in [0.5, 0.6) is 5.75 Å². The number of aromatic nitrogens is 2. The molecule has 164 valence electrons. The van der Waals surface area contributed by atoms with Gasteiger partial charge in [0.2, 0.25) is 0 Å². The lowest BCUT2D eigenvalue weighted by Crippen LogP contribution is -2.51. The van der Waals surface area contributed by atoms with Crippen LogP contribution in [-0.2, 0) is 9.59 Å². The molecule has 2 N–H and O–H groups in total. The first-order valence-corrected chi connectivity index (χ1v) is 10.5. The normalized spacial score (nSPS) is 17.0. The zero-order valence-corrected chi connectivity index (χ0v) is 18.1. The first kappa shape index (κ1) is 21.6. The van der Waals surface area contributed by atoms with Gasteiger partial charge in [-0.15, -0.1) is 0 Å². The summed E-state index contributed by atoms with van der Waals surface area (Å²) in [6.45, 7) is 2.98. The van der Waals surface area contributed by atoms with Crippen LogP contribution in [-0.4, -0.2) is 56.9 Å². The van der Waals surface area contributed by atoms with E-state index in [9.17, 15) is 14.4 Å². The van der Waals surface area contributed by atoms with Crippen LogP contribution in [0.1, 0.15) is 34.6 Å². The van der Waals surface area contributed by atoms with Gasteiger partial charge in [-0.05, 0) is 42.9 Å². The average Bonchev–Trinajstić information content (AvgIpc) is 2.78. The molecule has 0 spiro atoms. The van der Waals surface area contributed by atoms with Crippen LogP contribution in [0.15, 0.2) is 42.2 Å². The average molecular weight is 452 g/mol. The molecule has 9 nitrogen and oxygen atoms in total. The standard InChI is InChI=1S/C22H21N5O4S/c1-13-11-24-18(12-23-13)21(30)27-8-6-16(7-9-27)31-15-4-2-14(3-5-15)10-17-19(28)25-22(32)26-20(17)29/h2-5,10-12,16H,6-9H2,1H3,(H2,25,26,28,29,32). The van der Waals surface area contributed by atoms with Gasteiger partial charge in [0.1, 0.15) is 23.1 Å². The lowest BCUT2D eigenvalue weighted by Gasteiger charge is -2.32. The highest BCUT2D eigenvalue weighted by molar-refractivity contribution is 7.80. The minimum Gasteiger partial charge on any atom is -0.490 e. The van der Waals surface area contributed by atoms with Gasteiger partial charge in [-0.1, -0.05) is 12.1 Å². The van der Waals surface area contributed by atoms with E-state index in [1.165, 1.54) is 12.3 Å². The van der Waals surface area contributed by atoms with E-state index in [4.69, 9.17) is 17.0 Å². The molecule has 0 bridgehead atoms. The number of rotatable bonds is 4. The van der Waals surface area contributed by atoms with Crippen LogP contribution in [0, 0.1) is 6.92 Å². The Kier molecular flexibility index (Phi) is 6.22. The fourth-order valence-electron chi connectivity index (χ4n) is 3.45. The maximum Gasteiger partial charge on any atom is 0.274 e. The SMILES string of the molecule is Cc1cnc(C(=O)N2CCC(Oc3ccc(C=C4C(=O)NC(=S)NC4=O)cc3)CC2)cn1. The third kappa shape index (κ3) is 4.97. The second kappa shape index (κ2) is 9.23. The second-order valence-electron chi connectivity index (χ2n) is 7.52. The molecule has 1 aromatic heterocycles. The Morgan fingerprint density at radius 2 is 1.75 bits per heavy atom. The first-order valence-electron chi connectivity index (χ1n) is 10.1. The molecule has 0 aliphatic carbocycles. The predicted molar refractivity (Wildman–Crippen MR) is 120 cm³/mol. The molecule has 2 fully saturated rings. The van der Waals surface area contributed by atoms with Gasteiger partial charge in [0.15, 0.2) is 5.11 Å². The first-order chi connectivity index (χ1) is 15.4. The number of carbonyl (C=O) groups excluding carboxylic acids is 3. The summed E-state index contributed by atoms with van der Waals surface area (Å²) in [6.07, 6.45) is 5.99. The van der Waals surface area contributed by atoms with Crippen LogP contribution >= 0.6 is 12.2 Å². The third-order valence-corrected chi connectivity index (χ3v) is 5.37. The van der Waals surface area contributed by atoms with E-state index in [1.54, 1.807) is 35.4 Å². The van der Waals surface area contributed by atoms with Gasteiger partial charge in [-0.2, -0.15) is 0 Å². The number of ether oxygens (including phenoxy) is 1. The Labute approximate surface area is 189 Å². The van der Waals surface area contributed by atoms with Crippen molar-refractivity contribution in [3.8, 4) is 5.75 Å². The molecule has 2 saturated heterocycles. The van der Waals surface area contributed by atoms with Crippen molar-refractivity contribution in [1.82, 2.24) is 25.5 Å². The molecule has 0 atom stereocenters. The minimum atomic E-state index is -0.531. The molecule has 4 rings (SSSR count). The highest BCUT2D eigenvalue weighted by atomic mass is 32.1. The Hall–Kier alpha value is -3.66. The molecule has 2 aromatic rings. The van der Waals surface area contributed by atoms with Crippen molar-refractivity contribution < 1.29 is 19.1 Å². The Balaban J connectivity index is 1.32. The van der Waals surface area contributed by atoms with E-state index in [0.29, 0.717) is 42.9 Å². The lowest BCUT2D eigenvalue weighted by atomic mass is 10.1. The molecule has 0 unspecified atom stereocenters. The monoisotopic (exact) mass is 451 g/mol. The Morgan fingerprint density at radius 3 is 2.34 bits per heavy atom. The van der Waals surface area contributed by atoms with Gasteiger partial charge in [0.25, 0.3) is 17.7 Å². The van der Waals surface area contributed by atoms with Crippen molar-refractivity contribution in [2.75, 3.05) is 13.1 Å². The van der Waals surface area contributed by atoms with E-state index in [1.807, 2.05) is 6.92 Å². The Bertz CT molecular complexity index is 1070. The van der Waals surface area contributed by atoms with Crippen LogP contribution in [0.4, 0.5) is 0 Å². The molecule has 1 aromatic carbocycles. The van der Waals surface area contributed by atoms with E-state index < -0.39 is 11.8 Å². The largest absolute Gasteiger partial charge is 0.490 e. The number of nitrogens with zero attached hydrogens (tertiary/aromatic N) is 3.